The van der Waals surface area contributed by atoms with Gasteiger partial charge in [0, 0.05) is 6.20 Å². The molecule has 0 radical (unpaired) electrons. The van der Waals surface area contributed by atoms with E-state index in [1.165, 1.54) is 0 Å². The summed E-state index contributed by atoms with van der Waals surface area (Å²) in [5.74, 6) is 0.929. The Balaban J connectivity index is 1.57. The molecule has 4 aromatic rings. The van der Waals surface area contributed by atoms with Gasteiger partial charge in [-0.25, -0.2) is 4.98 Å². The Morgan fingerprint density at radius 2 is 1.93 bits per heavy atom. The Hall–Kier alpha value is -3.48. The van der Waals surface area contributed by atoms with Crippen LogP contribution in [0.1, 0.15) is 42.6 Å². The van der Waals surface area contributed by atoms with Crippen molar-refractivity contribution in [2.45, 2.75) is 26.3 Å². The summed E-state index contributed by atoms with van der Waals surface area (Å²) in [6.45, 7) is 4.24. The number of para-hydroxylation sites is 2. The Morgan fingerprint density at radius 1 is 1.11 bits per heavy atom. The Bertz CT molecular complexity index is 1050. The van der Waals surface area contributed by atoms with E-state index >= 15 is 0 Å². The Labute approximate surface area is 162 Å². The summed E-state index contributed by atoms with van der Waals surface area (Å²) in [6.07, 6.45) is 2.47. The van der Waals surface area contributed by atoms with Crippen LogP contribution in [0.25, 0.3) is 22.4 Å². The van der Waals surface area contributed by atoms with Crippen LogP contribution in [-0.2, 0) is 0 Å². The lowest BCUT2D eigenvalue weighted by Crippen LogP contribution is -2.30. The van der Waals surface area contributed by atoms with Gasteiger partial charge in [0.25, 0.3) is 5.91 Å². The summed E-state index contributed by atoms with van der Waals surface area (Å²) in [4.78, 5) is 25.1. The molecule has 0 aliphatic carbocycles. The van der Waals surface area contributed by atoms with Gasteiger partial charge in [0.15, 0.2) is 0 Å². The lowest BCUT2D eigenvalue weighted by Gasteiger charge is -2.18. The van der Waals surface area contributed by atoms with Crippen LogP contribution in [0, 0.1) is 5.92 Å². The average molecular weight is 374 g/mol. The van der Waals surface area contributed by atoms with Crippen LogP contribution < -0.4 is 5.32 Å². The summed E-state index contributed by atoms with van der Waals surface area (Å²) >= 11 is 0. The fourth-order valence-corrected chi connectivity index (χ4v) is 3.17. The molecule has 7 nitrogen and oxygen atoms in total. The molecule has 1 aromatic carbocycles. The van der Waals surface area contributed by atoms with Crippen LogP contribution in [0.15, 0.2) is 54.7 Å². The zero-order valence-electron chi connectivity index (χ0n) is 15.8. The molecule has 142 valence electrons. The van der Waals surface area contributed by atoms with E-state index in [0.717, 1.165) is 23.3 Å². The number of benzene rings is 1. The van der Waals surface area contributed by atoms with Gasteiger partial charge in [0.05, 0.1) is 22.8 Å². The topological polar surface area (TPSA) is 99.3 Å². The number of fused-ring (bicyclic) bond motifs is 1. The van der Waals surface area contributed by atoms with Crippen LogP contribution in [0.2, 0.25) is 0 Å². The quantitative estimate of drug-likeness (QED) is 0.477. The van der Waals surface area contributed by atoms with Gasteiger partial charge in [-0.05, 0) is 42.7 Å². The molecule has 3 N–H and O–H groups in total. The number of pyridine rings is 1. The summed E-state index contributed by atoms with van der Waals surface area (Å²) in [7, 11) is 0. The number of amides is 1. The number of hydrogen-bond acceptors (Lipinski definition) is 4. The van der Waals surface area contributed by atoms with E-state index in [1.807, 2.05) is 42.5 Å². The Kier molecular flexibility index (Phi) is 4.89. The minimum absolute atomic E-state index is 0.221. The third kappa shape index (κ3) is 3.78. The monoisotopic (exact) mass is 374 g/mol. The fourth-order valence-electron chi connectivity index (χ4n) is 3.17. The van der Waals surface area contributed by atoms with Gasteiger partial charge in [0.1, 0.15) is 17.2 Å². The number of carbonyl (C=O) groups excluding carboxylic acids is 1. The van der Waals surface area contributed by atoms with Crippen molar-refractivity contribution in [3.63, 3.8) is 0 Å². The second kappa shape index (κ2) is 7.64. The van der Waals surface area contributed by atoms with E-state index in [4.69, 9.17) is 0 Å². The highest BCUT2D eigenvalue weighted by atomic mass is 16.2. The van der Waals surface area contributed by atoms with Gasteiger partial charge < -0.3 is 10.3 Å². The molecule has 3 heterocycles. The van der Waals surface area contributed by atoms with Crippen molar-refractivity contribution >= 4 is 16.9 Å². The van der Waals surface area contributed by atoms with Crippen molar-refractivity contribution < 1.29 is 4.79 Å². The second-order valence-electron chi connectivity index (χ2n) is 7.18. The van der Waals surface area contributed by atoms with E-state index < -0.39 is 0 Å². The van der Waals surface area contributed by atoms with Gasteiger partial charge in [-0.15, -0.1) is 0 Å². The van der Waals surface area contributed by atoms with Crippen LogP contribution in [0.4, 0.5) is 0 Å². The molecule has 4 rings (SSSR count). The molecule has 0 saturated heterocycles. The lowest BCUT2D eigenvalue weighted by atomic mass is 10.0. The molecule has 7 heteroatoms. The molecule has 1 atom stereocenters. The highest BCUT2D eigenvalue weighted by molar-refractivity contribution is 5.93. The summed E-state index contributed by atoms with van der Waals surface area (Å²) in [5, 5.41) is 10.1. The molecule has 3 aromatic heterocycles. The molecule has 0 bridgehead atoms. The standard InChI is InChI=1S/C21H22N6O/c1-13(2)11-18(20-23-15-8-3-4-9-16(15)24-20)25-21(28)19-12-17(26-27-19)14-7-5-6-10-22-14/h3-10,12-13,18H,11H2,1-2H3,(H,23,24)(H,25,28)(H,26,27)/t18-/m0/s1. The summed E-state index contributed by atoms with van der Waals surface area (Å²) in [6, 6.07) is 14.9. The van der Waals surface area contributed by atoms with Gasteiger partial charge in [-0.1, -0.05) is 32.0 Å². The SMILES string of the molecule is CC(C)C[C@H](NC(=O)c1cc(-c2ccccn2)n[nH]1)c1nc2ccccc2[nH]1. The van der Waals surface area contributed by atoms with Gasteiger partial charge >= 0.3 is 0 Å². The van der Waals surface area contributed by atoms with Crippen molar-refractivity contribution in [3.8, 4) is 11.4 Å². The largest absolute Gasteiger partial charge is 0.341 e. The van der Waals surface area contributed by atoms with Crippen LogP contribution in [0.3, 0.4) is 0 Å². The van der Waals surface area contributed by atoms with Crippen molar-refractivity contribution in [2.24, 2.45) is 5.92 Å². The number of rotatable bonds is 6. The van der Waals surface area contributed by atoms with Gasteiger partial charge in [-0.3, -0.25) is 14.9 Å². The third-order valence-corrected chi connectivity index (χ3v) is 4.50. The first kappa shape index (κ1) is 17.9. The average Bonchev–Trinajstić information content (AvgIpc) is 3.35. The molecule has 28 heavy (non-hydrogen) atoms. The minimum atomic E-state index is -0.221. The normalized spacial score (nSPS) is 12.4. The van der Waals surface area contributed by atoms with E-state index in [9.17, 15) is 4.79 Å². The van der Waals surface area contributed by atoms with E-state index in [-0.39, 0.29) is 11.9 Å². The van der Waals surface area contributed by atoms with E-state index in [1.54, 1.807) is 12.3 Å². The first-order chi connectivity index (χ1) is 13.6. The van der Waals surface area contributed by atoms with Crippen LogP contribution in [0.5, 0.6) is 0 Å². The predicted octanol–water partition coefficient (Wildman–Crippen LogP) is 3.87. The second-order valence-corrected chi connectivity index (χ2v) is 7.18. The molecular formula is C21H22N6O. The maximum absolute atomic E-state index is 12.8. The molecule has 1 amide bonds. The number of H-pyrrole nitrogens is 2. The first-order valence-corrected chi connectivity index (χ1v) is 9.32. The molecular weight excluding hydrogens is 352 g/mol. The maximum atomic E-state index is 12.8. The molecule has 0 saturated carbocycles. The maximum Gasteiger partial charge on any atom is 0.269 e. The highest BCUT2D eigenvalue weighted by Crippen LogP contribution is 2.23. The highest BCUT2D eigenvalue weighted by Gasteiger charge is 2.21. The molecule has 0 aliphatic heterocycles. The number of carbonyl (C=O) groups is 1. The Morgan fingerprint density at radius 3 is 2.68 bits per heavy atom. The zero-order chi connectivity index (χ0) is 19.5. The van der Waals surface area contributed by atoms with E-state index in [0.29, 0.717) is 23.0 Å². The lowest BCUT2D eigenvalue weighted by molar-refractivity contribution is 0.0925. The third-order valence-electron chi connectivity index (χ3n) is 4.50. The number of aromatic amines is 2. The summed E-state index contributed by atoms with van der Waals surface area (Å²) in [5.41, 5.74) is 3.59. The minimum Gasteiger partial charge on any atom is -0.341 e. The van der Waals surface area contributed by atoms with Crippen LogP contribution >= 0.6 is 0 Å². The molecule has 0 spiro atoms. The zero-order valence-corrected chi connectivity index (χ0v) is 15.8. The molecule has 0 unspecified atom stereocenters. The summed E-state index contributed by atoms with van der Waals surface area (Å²) < 4.78 is 0. The fraction of sp³-hybridized carbons (Fsp3) is 0.238. The van der Waals surface area contributed by atoms with Gasteiger partial charge in [0.2, 0.25) is 0 Å². The number of aromatic nitrogens is 5. The van der Waals surface area contributed by atoms with Crippen molar-refractivity contribution in [1.82, 2.24) is 30.5 Å². The van der Waals surface area contributed by atoms with Crippen LogP contribution in [-0.4, -0.2) is 31.1 Å². The first-order valence-electron chi connectivity index (χ1n) is 9.32. The smallest absolute Gasteiger partial charge is 0.269 e. The number of nitrogens with zero attached hydrogens (tertiary/aromatic N) is 3. The number of nitrogens with one attached hydrogen (secondary N) is 3. The number of hydrogen-bond donors (Lipinski definition) is 3. The van der Waals surface area contributed by atoms with E-state index in [2.05, 4.69) is 44.3 Å². The number of imidazole rings is 1. The van der Waals surface area contributed by atoms with Crippen molar-refractivity contribution in [3.05, 3.63) is 66.2 Å². The van der Waals surface area contributed by atoms with Crippen molar-refractivity contribution in [2.75, 3.05) is 0 Å². The predicted molar refractivity (Wildman–Crippen MR) is 108 cm³/mol. The van der Waals surface area contributed by atoms with Gasteiger partial charge in [-0.2, -0.15) is 5.10 Å². The molecule has 0 fully saturated rings. The molecule has 0 aliphatic rings. The van der Waals surface area contributed by atoms with Crippen molar-refractivity contribution in [1.29, 1.82) is 0 Å².